The van der Waals surface area contributed by atoms with Gasteiger partial charge in [0.25, 0.3) is 0 Å². The molecule has 2 nitrogen and oxygen atoms in total. The van der Waals surface area contributed by atoms with Gasteiger partial charge in [-0.3, -0.25) is 0 Å². The fraction of sp³-hybridized carbons (Fsp3) is 0.444. The molecule has 0 aliphatic carbocycles. The molecule has 1 aliphatic rings. The van der Waals surface area contributed by atoms with Crippen LogP contribution in [0, 0.1) is 0 Å². The van der Waals surface area contributed by atoms with Crippen LogP contribution < -0.4 is 0 Å². The zero-order valence-electron chi connectivity index (χ0n) is 12.8. The van der Waals surface area contributed by atoms with E-state index in [4.69, 9.17) is 0 Å². The predicted octanol–water partition coefficient (Wildman–Crippen LogP) is 3.94. The number of likely N-dealkylation sites (N-methyl/N-ethyl adjacent to an activating group) is 1. The molecule has 21 heavy (non-hydrogen) atoms. The fourth-order valence-corrected chi connectivity index (χ4v) is 3.66. The number of benzene rings is 1. The zero-order chi connectivity index (χ0) is 14.5. The van der Waals surface area contributed by atoms with Crippen LogP contribution in [0.15, 0.2) is 41.8 Å². The van der Waals surface area contributed by atoms with E-state index in [2.05, 4.69) is 58.6 Å². The minimum atomic E-state index is 1.04. The second-order valence-electron chi connectivity index (χ2n) is 5.96. The third-order valence-corrected chi connectivity index (χ3v) is 5.13. The van der Waals surface area contributed by atoms with E-state index < -0.39 is 0 Å². The standard InChI is InChI=1S/C18H24N2S/c1-19(12-13-20-10-2-3-11-20)15-16-6-8-17(9-7-16)18-5-4-14-21-18/h4-9,14H,2-3,10-13,15H2,1H3. The summed E-state index contributed by atoms with van der Waals surface area (Å²) in [6, 6.07) is 13.3. The van der Waals surface area contributed by atoms with E-state index in [1.807, 2.05) is 0 Å². The van der Waals surface area contributed by atoms with Crippen LogP contribution in [0.1, 0.15) is 18.4 Å². The van der Waals surface area contributed by atoms with Crippen molar-refractivity contribution in [3.8, 4) is 10.4 Å². The molecular weight excluding hydrogens is 276 g/mol. The molecule has 1 aromatic carbocycles. The van der Waals surface area contributed by atoms with Gasteiger partial charge in [0.15, 0.2) is 0 Å². The van der Waals surface area contributed by atoms with Crippen LogP contribution in [0.25, 0.3) is 10.4 Å². The highest BCUT2D eigenvalue weighted by atomic mass is 32.1. The summed E-state index contributed by atoms with van der Waals surface area (Å²) in [4.78, 5) is 6.36. The summed E-state index contributed by atoms with van der Waals surface area (Å²) in [6.07, 6.45) is 2.77. The first kappa shape index (κ1) is 14.8. The predicted molar refractivity (Wildman–Crippen MR) is 91.8 cm³/mol. The minimum Gasteiger partial charge on any atom is -0.302 e. The molecule has 1 fully saturated rings. The first-order chi connectivity index (χ1) is 10.3. The zero-order valence-corrected chi connectivity index (χ0v) is 13.6. The summed E-state index contributed by atoms with van der Waals surface area (Å²) in [5.41, 5.74) is 2.73. The van der Waals surface area contributed by atoms with Crippen LogP contribution in [0.3, 0.4) is 0 Å². The van der Waals surface area contributed by atoms with Crippen LogP contribution in [-0.2, 0) is 6.54 Å². The lowest BCUT2D eigenvalue weighted by Gasteiger charge is -2.21. The summed E-state index contributed by atoms with van der Waals surface area (Å²) in [5.74, 6) is 0. The molecule has 0 bridgehead atoms. The van der Waals surface area contributed by atoms with Crippen LogP contribution in [0.4, 0.5) is 0 Å². The van der Waals surface area contributed by atoms with E-state index in [1.165, 1.54) is 48.5 Å². The second kappa shape index (κ2) is 7.21. The molecule has 1 aliphatic heterocycles. The van der Waals surface area contributed by atoms with Crippen molar-refractivity contribution in [2.45, 2.75) is 19.4 Å². The van der Waals surface area contributed by atoms with Gasteiger partial charge in [-0.05, 0) is 55.6 Å². The van der Waals surface area contributed by atoms with E-state index in [-0.39, 0.29) is 0 Å². The summed E-state index contributed by atoms with van der Waals surface area (Å²) in [5, 5.41) is 2.13. The summed E-state index contributed by atoms with van der Waals surface area (Å²) in [7, 11) is 2.23. The molecule has 0 unspecified atom stereocenters. The molecule has 1 aromatic heterocycles. The monoisotopic (exact) mass is 300 g/mol. The lowest BCUT2D eigenvalue weighted by molar-refractivity contribution is 0.252. The van der Waals surface area contributed by atoms with E-state index in [0.29, 0.717) is 0 Å². The van der Waals surface area contributed by atoms with Crippen LogP contribution in [0.2, 0.25) is 0 Å². The molecule has 1 saturated heterocycles. The molecular formula is C18H24N2S. The molecule has 2 aromatic rings. The number of likely N-dealkylation sites (tertiary alicyclic amines) is 1. The molecule has 112 valence electrons. The van der Waals surface area contributed by atoms with Gasteiger partial charge in [-0.25, -0.2) is 0 Å². The van der Waals surface area contributed by atoms with Crippen LogP contribution in [0.5, 0.6) is 0 Å². The van der Waals surface area contributed by atoms with E-state index in [0.717, 1.165) is 13.1 Å². The van der Waals surface area contributed by atoms with Gasteiger partial charge in [-0.15, -0.1) is 11.3 Å². The minimum absolute atomic E-state index is 1.04. The second-order valence-corrected chi connectivity index (χ2v) is 6.91. The topological polar surface area (TPSA) is 6.48 Å². The van der Waals surface area contributed by atoms with Gasteiger partial charge in [-0.1, -0.05) is 30.3 Å². The van der Waals surface area contributed by atoms with Gasteiger partial charge in [0.1, 0.15) is 0 Å². The molecule has 3 rings (SSSR count). The van der Waals surface area contributed by atoms with Gasteiger partial charge >= 0.3 is 0 Å². The van der Waals surface area contributed by atoms with Gasteiger partial charge in [-0.2, -0.15) is 0 Å². The van der Waals surface area contributed by atoms with Crippen molar-refractivity contribution in [3.05, 3.63) is 47.3 Å². The lowest BCUT2D eigenvalue weighted by atomic mass is 10.1. The first-order valence-electron chi connectivity index (χ1n) is 7.85. The van der Waals surface area contributed by atoms with E-state index in [9.17, 15) is 0 Å². The van der Waals surface area contributed by atoms with Crippen LogP contribution >= 0.6 is 11.3 Å². The molecule has 0 radical (unpaired) electrons. The largest absolute Gasteiger partial charge is 0.302 e. The molecule has 0 N–H and O–H groups in total. The number of nitrogens with zero attached hydrogens (tertiary/aromatic N) is 2. The Balaban J connectivity index is 1.50. The number of rotatable bonds is 6. The van der Waals surface area contributed by atoms with Gasteiger partial charge in [0.05, 0.1) is 0 Å². The maximum absolute atomic E-state index is 2.58. The molecule has 0 amide bonds. The average Bonchev–Trinajstić information content (AvgIpc) is 3.19. The Morgan fingerprint density at radius 2 is 1.86 bits per heavy atom. The number of hydrogen-bond donors (Lipinski definition) is 0. The summed E-state index contributed by atoms with van der Waals surface area (Å²) < 4.78 is 0. The fourth-order valence-electron chi connectivity index (χ4n) is 2.93. The molecule has 0 spiro atoms. The normalized spacial score (nSPS) is 15.9. The highest BCUT2D eigenvalue weighted by Crippen LogP contribution is 2.24. The van der Waals surface area contributed by atoms with Gasteiger partial charge in [0.2, 0.25) is 0 Å². The molecule has 0 saturated carbocycles. The Bertz CT molecular complexity index is 527. The first-order valence-corrected chi connectivity index (χ1v) is 8.73. The molecule has 0 atom stereocenters. The van der Waals surface area contributed by atoms with Crippen LogP contribution in [-0.4, -0.2) is 43.0 Å². The van der Waals surface area contributed by atoms with Crippen molar-refractivity contribution < 1.29 is 0 Å². The third kappa shape index (κ3) is 4.16. The lowest BCUT2D eigenvalue weighted by Crippen LogP contribution is -2.31. The van der Waals surface area contributed by atoms with E-state index >= 15 is 0 Å². The van der Waals surface area contributed by atoms with Gasteiger partial charge < -0.3 is 9.80 Å². The average molecular weight is 300 g/mol. The maximum Gasteiger partial charge on any atom is 0.0342 e. The van der Waals surface area contributed by atoms with Gasteiger partial charge in [0, 0.05) is 24.5 Å². The smallest absolute Gasteiger partial charge is 0.0342 e. The van der Waals surface area contributed by atoms with Crippen molar-refractivity contribution in [1.82, 2.24) is 9.80 Å². The quantitative estimate of drug-likeness (QED) is 0.797. The van der Waals surface area contributed by atoms with Crippen molar-refractivity contribution in [2.75, 3.05) is 33.2 Å². The Labute approximate surface area is 132 Å². The number of thiophene rings is 1. The Morgan fingerprint density at radius 3 is 2.52 bits per heavy atom. The summed E-state index contributed by atoms with van der Waals surface area (Å²) >= 11 is 1.80. The Morgan fingerprint density at radius 1 is 1.10 bits per heavy atom. The van der Waals surface area contributed by atoms with Crippen molar-refractivity contribution in [2.24, 2.45) is 0 Å². The Kier molecular flexibility index (Phi) is 5.07. The maximum atomic E-state index is 2.58. The third-order valence-electron chi connectivity index (χ3n) is 4.21. The molecule has 2 heterocycles. The van der Waals surface area contributed by atoms with Crippen molar-refractivity contribution in [1.29, 1.82) is 0 Å². The van der Waals surface area contributed by atoms with Crippen molar-refractivity contribution >= 4 is 11.3 Å². The number of hydrogen-bond acceptors (Lipinski definition) is 3. The highest BCUT2D eigenvalue weighted by molar-refractivity contribution is 7.13. The highest BCUT2D eigenvalue weighted by Gasteiger charge is 2.11. The molecule has 3 heteroatoms. The Hall–Kier alpha value is -1.16. The SMILES string of the molecule is CN(CCN1CCCC1)Cc1ccc(-c2cccs2)cc1. The summed E-state index contributed by atoms with van der Waals surface area (Å²) in [6.45, 7) is 6.00. The van der Waals surface area contributed by atoms with E-state index in [1.54, 1.807) is 11.3 Å². The van der Waals surface area contributed by atoms with Crippen molar-refractivity contribution in [3.63, 3.8) is 0 Å².